The van der Waals surface area contributed by atoms with E-state index in [1.807, 2.05) is 61.5 Å². The number of ketones is 1. The quantitative estimate of drug-likeness (QED) is 0.703. The van der Waals surface area contributed by atoms with Crippen molar-refractivity contribution in [2.75, 3.05) is 0 Å². The van der Waals surface area contributed by atoms with Crippen LogP contribution in [0.25, 0.3) is 10.8 Å². The number of ether oxygens (including phenoxy) is 1. The largest absolute Gasteiger partial charge is 0.507 e. The van der Waals surface area contributed by atoms with Crippen LogP contribution in [0, 0.1) is 0 Å². The van der Waals surface area contributed by atoms with E-state index in [1.165, 1.54) is 6.92 Å². The third-order valence-electron chi connectivity index (χ3n) is 4.82. The van der Waals surface area contributed by atoms with Gasteiger partial charge >= 0.3 is 0 Å². The summed E-state index contributed by atoms with van der Waals surface area (Å²) in [6, 6.07) is 17.5. The molecule has 1 N–H and O–H groups in total. The Morgan fingerprint density at radius 2 is 1.67 bits per heavy atom. The normalized spacial score (nSPS) is 19.1. The molecular weight excluding hydrogens is 300 g/mol. The van der Waals surface area contributed by atoms with Crippen LogP contribution in [0.4, 0.5) is 0 Å². The van der Waals surface area contributed by atoms with E-state index in [4.69, 9.17) is 4.74 Å². The van der Waals surface area contributed by atoms with Crippen LogP contribution in [-0.4, -0.2) is 10.9 Å². The van der Waals surface area contributed by atoms with Crippen LogP contribution in [-0.2, 0) is 12.0 Å². The molecule has 0 fully saturated rings. The zero-order chi connectivity index (χ0) is 16.9. The summed E-state index contributed by atoms with van der Waals surface area (Å²) in [6.07, 6.45) is 0.555. The van der Waals surface area contributed by atoms with Crippen LogP contribution in [0.5, 0.6) is 11.5 Å². The molecule has 0 amide bonds. The van der Waals surface area contributed by atoms with Crippen molar-refractivity contribution < 1.29 is 14.6 Å². The molecule has 0 bridgehead atoms. The van der Waals surface area contributed by atoms with Crippen molar-refractivity contribution in [1.82, 2.24) is 0 Å². The lowest BCUT2D eigenvalue weighted by Crippen LogP contribution is -2.27. The summed E-state index contributed by atoms with van der Waals surface area (Å²) in [5, 5.41) is 12.1. The predicted molar refractivity (Wildman–Crippen MR) is 93.7 cm³/mol. The van der Waals surface area contributed by atoms with Crippen molar-refractivity contribution in [3.8, 4) is 11.5 Å². The maximum absolute atomic E-state index is 12.2. The fourth-order valence-electron chi connectivity index (χ4n) is 3.66. The third kappa shape index (κ3) is 2.01. The third-order valence-corrected chi connectivity index (χ3v) is 4.82. The molecule has 3 heteroatoms. The summed E-state index contributed by atoms with van der Waals surface area (Å²) >= 11 is 0. The summed E-state index contributed by atoms with van der Waals surface area (Å²) in [7, 11) is 0. The fraction of sp³-hybridized carbons (Fsp3) is 0.190. The Labute approximate surface area is 140 Å². The summed E-state index contributed by atoms with van der Waals surface area (Å²) in [4.78, 5) is 12.2. The molecule has 0 spiro atoms. The van der Waals surface area contributed by atoms with Gasteiger partial charge in [0, 0.05) is 22.8 Å². The zero-order valence-electron chi connectivity index (χ0n) is 13.7. The van der Waals surface area contributed by atoms with Crippen LogP contribution in [0.1, 0.15) is 35.3 Å². The van der Waals surface area contributed by atoms with E-state index in [0.29, 0.717) is 23.1 Å². The van der Waals surface area contributed by atoms with Crippen molar-refractivity contribution >= 4 is 16.6 Å². The second-order valence-corrected chi connectivity index (χ2v) is 6.51. The van der Waals surface area contributed by atoms with Crippen LogP contribution >= 0.6 is 0 Å². The maximum atomic E-state index is 12.2. The van der Waals surface area contributed by atoms with Gasteiger partial charge in [0.25, 0.3) is 0 Å². The molecule has 1 unspecified atom stereocenters. The van der Waals surface area contributed by atoms with Gasteiger partial charge in [0.2, 0.25) is 0 Å². The van der Waals surface area contributed by atoms with Gasteiger partial charge < -0.3 is 9.84 Å². The lowest BCUT2D eigenvalue weighted by Gasteiger charge is -2.24. The second-order valence-electron chi connectivity index (χ2n) is 6.51. The van der Waals surface area contributed by atoms with Crippen molar-refractivity contribution in [1.29, 1.82) is 0 Å². The topological polar surface area (TPSA) is 46.5 Å². The first-order chi connectivity index (χ1) is 11.5. The first-order valence-electron chi connectivity index (χ1n) is 8.03. The van der Waals surface area contributed by atoms with Gasteiger partial charge in [-0.3, -0.25) is 4.79 Å². The van der Waals surface area contributed by atoms with Gasteiger partial charge in [0.05, 0.1) is 5.56 Å². The number of phenolic OH excluding ortho intramolecular Hbond substituents is 1. The van der Waals surface area contributed by atoms with E-state index in [1.54, 1.807) is 0 Å². The molecule has 1 atom stereocenters. The Morgan fingerprint density at radius 1 is 1.04 bits per heavy atom. The molecule has 3 aromatic rings. The molecule has 1 aliphatic heterocycles. The summed E-state index contributed by atoms with van der Waals surface area (Å²) in [5.41, 5.74) is 1.68. The summed E-state index contributed by atoms with van der Waals surface area (Å²) < 4.78 is 6.38. The number of Topliss-reactive ketones (excluding diaryl/α,β-unsaturated/α-hetero) is 1. The fourth-order valence-corrected chi connectivity index (χ4v) is 3.66. The Morgan fingerprint density at radius 3 is 2.33 bits per heavy atom. The number of rotatable bonds is 2. The van der Waals surface area contributed by atoms with Crippen LogP contribution in [0.3, 0.4) is 0 Å². The number of hydrogen-bond acceptors (Lipinski definition) is 3. The Kier molecular flexibility index (Phi) is 3.14. The monoisotopic (exact) mass is 318 g/mol. The number of carbonyl (C=O) groups excluding carboxylic acids is 1. The minimum absolute atomic E-state index is 0.0535. The molecule has 3 nitrogen and oxygen atoms in total. The van der Waals surface area contributed by atoms with Gasteiger partial charge in [-0.2, -0.15) is 0 Å². The summed E-state index contributed by atoms with van der Waals surface area (Å²) in [6.45, 7) is 3.51. The van der Waals surface area contributed by atoms with E-state index < -0.39 is 5.60 Å². The number of aromatic hydroxyl groups is 1. The first kappa shape index (κ1) is 14.8. The highest BCUT2D eigenvalue weighted by atomic mass is 16.5. The van der Waals surface area contributed by atoms with E-state index >= 15 is 0 Å². The minimum atomic E-state index is -0.551. The highest BCUT2D eigenvalue weighted by Gasteiger charge is 2.40. The number of benzene rings is 3. The molecule has 24 heavy (non-hydrogen) atoms. The van der Waals surface area contributed by atoms with E-state index in [9.17, 15) is 9.90 Å². The lowest BCUT2D eigenvalue weighted by molar-refractivity contribution is 0.101. The maximum Gasteiger partial charge on any atom is 0.163 e. The van der Waals surface area contributed by atoms with E-state index in [0.717, 1.165) is 16.5 Å². The molecule has 0 saturated carbocycles. The molecule has 0 aliphatic carbocycles. The number of fused-ring (bicyclic) bond motifs is 3. The summed E-state index contributed by atoms with van der Waals surface area (Å²) in [5.74, 6) is 0.619. The zero-order valence-corrected chi connectivity index (χ0v) is 13.7. The van der Waals surface area contributed by atoms with E-state index in [2.05, 4.69) is 0 Å². The van der Waals surface area contributed by atoms with Crippen LogP contribution in [0.15, 0.2) is 54.6 Å². The highest BCUT2D eigenvalue weighted by Crippen LogP contribution is 2.49. The average Bonchev–Trinajstić information content (AvgIpc) is 2.94. The smallest absolute Gasteiger partial charge is 0.163 e. The highest BCUT2D eigenvalue weighted by molar-refractivity contribution is 6.08. The van der Waals surface area contributed by atoms with E-state index in [-0.39, 0.29) is 11.5 Å². The number of hydrogen-bond donors (Lipinski definition) is 1. The molecule has 3 aromatic carbocycles. The van der Waals surface area contributed by atoms with Crippen LogP contribution < -0.4 is 4.74 Å². The Hall–Kier alpha value is -2.81. The SMILES string of the molecule is CC(=O)c1c2c(c3ccccc3c1O)OC(C)(c1ccccc1)C2. The molecular formula is C21H18O3. The van der Waals surface area contributed by atoms with Crippen molar-refractivity contribution in [3.05, 3.63) is 71.3 Å². The van der Waals surface area contributed by atoms with Gasteiger partial charge in [0.1, 0.15) is 17.1 Å². The minimum Gasteiger partial charge on any atom is -0.507 e. The van der Waals surface area contributed by atoms with Gasteiger partial charge in [-0.15, -0.1) is 0 Å². The lowest BCUT2D eigenvalue weighted by atomic mass is 9.87. The van der Waals surface area contributed by atoms with Crippen molar-refractivity contribution in [3.63, 3.8) is 0 Å². The second kappa shape index (κ2) is 5.10. The van der Waals surface area contributed by atoms with Gasteiger partial charge in [-0.1, -0.05) is 54.6 Å². The molecule has 0 saturated heterocycles. The van der Waals surface area contributed by atoms with Crippen LogP contribution in [0.2, 0.25) is 0 Å². The van der Waals surface area contributed by atoms with Gasteiger partial charge in [0.15, 0.2) is 5.78 Å². The number of phenols is 1. The van der Waals surface area contributed by atoms with Crippen molar-refractivity contribution in [2.24, 2.45) is 0 Å². The van der Waals surface area contributed by atoms with Gasteiger partial charge in [-0.05, 0) is 19.4 Å². The first-order valence-corrected chi connectivity index (χ1v) is 8.03. The standard InChI is InChI=1S/C21H18O3/c1-13(22)18-17-12-21(2,14-8-4-3-5-9-14)24-20(17)16-11-7-6-10-15(16)19(18)23/h3-11,23H,12H2,1-2H3. The number of carbonyl (C=O) groups is 1. The predicted octanol–water partition coefficient (Wildman–Crippen LogP) is 4.60. The average molecular weight is 318 g/mol. The molecule has 4 rings (SSSR count). The molecule has 0 aromatic heterocycles. The van der Waals surface area contributed by atoms with Crippen molar-refractivity contribution in [2.45, 2.75) is 25.9 Å². The molecule has 1 heterocycles. The Balaban J connectivity index is 2.00. The molecule has 0 radical (unpaired) electrons. The van der Waals surface area contributed by atoms with Gasteiger partial charge in [-0.25, -0.2) is 0 Å². The molecule has 1 aliphatic rings. The molecule has 120 valence electrons. The Bertz CT molecular complexity index is 960.